The summed E-state index contributed by atoms with van der Waals surface area (Å²) in [6, 6.07) is 14.3. The number of benzene rings is 1. The maximum atomic E-state index is 13.2. The third kappa shape index (κ3) is 4.51. The first-order chi connectivity index (χ1) is 13.8. The lowest BCUT2D eigenvalue weighted by atomic mass is 10.1. The van der Waals surface area contributed by atoms with E-state index in [1.165, 1.54) is 5.56 Å². The molecule has 2 saturated heterocycles. The van der Waals surface area contributed by atoms with E-state index in [1.807, 2.05) is 17.0 Å². The van der Waals surface area contributed by atoms with Crippen LogP contribution >= 0.6 is 0 Å². The van der Waals surface area contributed by atoms with Crippen LogP contribution in [0.2, 0.25) is 0 Å². The van der Waals surface area contributed by atoms with Gasteiger partial charge in [-0.05, 0) is 24.1 Å². The van der Waals surface area contributed by atoms with E-state index in [4.69, 9.17) is 4.74 Å². The van der Waals surface area contributed by atoms with Crippen LogP contribution in [0.5, 0.6) is 0 Å². The summed E-state index contributed by atoms with van der Waals surface area (Å²) in [7, 11) is 0. The molecule has 28 heavy (non-hydrogen) atoms. The van der Waals surface area contributed by atoms with Gasteiger partial charge in [-0.15, -0.1) is 0 Å². The summed E-state index contributed by atoms with van der Waals surface area (Å²) in [5, 5.41) is 0. The smallest absolute Gasteiger partial charge is 0.257 e. The molecule has 0 atom stereocenters. The van der Waals surface area contributed by atoms with Crippen molar-refractivity contribution in [3.63, 3.8) is 0 Å². The number of pyridine rings is 1. The minimum Gasteiger partial charge on any atom is -0.378 e. The number of anilines is 1. The molecule has 148 valence electrons. The maximum Gasteiger partial charge on any atom is 0.257 e. The van der Waals surface area contributed by atoms with Crippen LogP contribution in [-0.4, -0.2) is 79.7 Å². The molecule has 6 heteroatoms. The van der Waals surface area contributed by atoms with E-state index in [1.54, 1.807) is 6.20 Å². The second-order valence-electron chi connectivity index (χ2n) is 7.34. The van der Waals surface area contributed by atoms with Gasteiger partial charge in [0.25, 0.3) is 5.91 Å². The molecule has 0 bridgehead atoms. The molecule has 2 aromatic rings. The zero-order chi connectivity index (χ0) is 19.2. The number of hydrogen-bond acceptors (Lipinski definition) is 5. The number of carbonyl (C=O) groups excluding carboxylic acids is 1. The monoisotopic (exact) mass is 380 g/mol. The zero-order valence-corrected chi connectivity index (χ0v) is 16.3. The quantitative estimate of drug-likeness (QED) is 0.793. The maximum absolute atomic E-state index is 13.2. The van der Waals surface area contributed by atoms with Gasteiger partial charge in [0.15, 0.2) is 0 Å². The Labute approximate surface area is 166 Å². The van der Waals surface area contributed by atoms with E-state index in [9.17, 15) is 4.79 Å². The Balaban J connectivity index is 1.34. The summed E-state index contributed by atoms with van der Waals surface area (Å²) in [5.41, 5.74) is 2.08. The number of carbonyl (C=O) groups is 1. The molecule has 2 fully saturated rings. The molecule has 2 aliphatic rings. The summed E-state index contributed by atoms with van der Waals surface area (Å²) in [6.07, 6.45) is 2.82. The highest BCUT2D eigenvalue weighted by Crippen LogP contribution is 2.21. The van der Waals surface area contributed by atoms with Gasteiger partial charge in [-0.1, -0.05) is 30.3 Å². The van der Waals surface area contributed by atoms with Crippen molar-refractivity contribution in [2.45, 2.75) is 6.42 Å². The number of aromatic nitrogens is 1. The van der Waals surface area contributed by atoms with Crippen molar-refractivity contribution in [3.05, 3.63) is 59.8 Å². The van der Waals surface area contributed by atoms with Gasteiger partial charge in [0.05, 0.1) is 18.8 Å². The lowest BCUT2D eigenvalue weighted by Crippen LogP contribution is -2.49. The van der Waals surface area contributed by atoms with Gasteiger partial charge in [0.1, 0.15) is 5.82 Å². The van der Waals surface area contributed by atoms with Gasteiger partial charge in [0.2, 0.25) is 0 Å². The highest BCUT2D eigenvalue weighted by Gasteiger charge is 2.26. The zero-order valence-electron chi connectivity index (χ0n) is 16.3. The average molecular weight is 380 g/mol. The topological polar surface area (TPSA) is 48.9 Å². The van der Waals surface area contributed by atoms with E-state index in [-0.39, 0.29) is 5.91 Å². The first-order valence-corrected chi connectivity index (χ1v) is 10.1. The highest BCUT2D eigenvalue weighted by molar-refractivity contribution is 5.99. The normalized spacial score (nSPS) is 18.3. The standard InChI is InChI=1S/C22H28N4O2/c27-22(20-7-4-9-23-21(20)25-15-17-28-18-16-25)26-13-11-24(12-14-26)10-8-19-5-2-1-3-6-19/h1-7,9H,8,10-18H2. The number of rotatable bonds is 5. The second-order valence-corrected chi connectivity index (χ2v) is 7.34. The number of nitrogens with zero attached hydrogens (tertiary/aromatic N) is 4. The fraction of sp³-hybridized carbons (Fsp3) is 0.455. The second kappa shape index (κ2) is 9.17. The summed E-state index contributed by atoms with van der Waals surface area (Å²) < 4.78 is 5.43. The molecule has 0 N–H and O–H groups in total. The molecule has 3 heterocycles. The summed E-state index contributed by atoms with van der Waals surface area (Å²) >= 11 is 0. The number of hydrogen-bond donors (Lipinski definition) is 0. The van der Waals surface area contributed by atoms with Crippen molar-refractivity contribution in [2.24, 2.45) is 0 Å². The van der Waals surface area contributed by atoms with Crippen LogP contribution in [0.4, 0.5) is 5.82 Å². The average Bonchev–Trinajstić information content (AvgIpc) is 2.79. The van der Waals surface area contributed by atoms with E-state index in [2.05, 4.69) is 45.1 Å². The first kappa shape index (κ1) is 18.9. The van der Waals surface area contributed by atoms with Crippen molar-refractivity contribution in [1.82, 2.24) is 14.8 Å². The third-order valence-corrected chi connectivity index (χ3v) is 5.55. The molecular formula is C22H28N4O2. The molecule has 0 saturated carbocycles. The van der Waals surface area contributed by atoms with E-state index >= 15 is 0 Å². The Bertz CT molecular complexity index is 769. The van der Waals surface area contributed by atoms with Crippen molar-refractivity contribution in [2.75, 3.05) is 63.9 Å². The van der Waals surface area contributed by atoms with Crippen LogP contribution in [0.15, 0.2) is 48.7 Å². The summed E-state index contributed by atoms with van der Waals surface area (Å²) in [6.45, 7) is 7.36. The minimum absolute atomic E-state index is 0.0947. The van der Waals surface area contributed by atoms with E-state index in [0.29, 0.717) is 18.8 Å². The largest absolute Gasteiger partial charge is 0.378 e. The number of morpholine rings is 1. The number of amides is 1. The van der Waals surface area contributed by atoms with Gasteiger partial charge in [-0.2, -0.15) is 0 Å². The predicted octanol–water partition coefficient (Wildman–Crippen LogP) is 1.92. The molecule has 1 aromatic carbocycles. The molecule has 1 amide bonds. The van der Waals surface area contributed by atoms with E-state index in [0.717, 1.165) is 58.1 Å². The van der Waals surface area contributed by atoms with Crippen LogP contribution in [0.25, 0.3) is 0 Å². The van der Waals surface area contributed by atoms with Crippen LogP contribution in [-0.2, 0) is 11.2 Å². The molecular weight excluding hydrogens is 352 g/mol. The van der Waals surface area contributed by atoms with E-state index < -0.39 is 0 Å². The van der Waals surface area contributed by atoms with Crippen LogP contribution in [0.3, 0.4) is 0 Å². The molecule has 0 unspecified atom stereocenters. The molecule has 0 radical (unpaired) electrons. The van der Waals surface area contributed by atoms with Crippen molar-refractivity contribution < 1.29 is 9.53 Å². The summed E-state index contributed by atoms with van der Waals surface area (Å²) in [4.78, 5) is 24.2. The Morgan fingerprint density at radius 2 is 1.68 bits per heavy atom. The van der Waals surface area contributed by atoms with Gasteiger partial charge in [-0.3, -0.25) is 9.69 Å². The third-order valence-electron chi connectivity index (χ3n) is 5.55. The lowest BCUT2D eigenvalue weighted by Gasteiger charge is -2.36. The fourth-order valence-electron chi connectivity index (χ4n) is 3.87. The van der Waals surface area contributed by atoms with Gasteiger partial charge in [-0.25, -0.2) is 4.98 Å². The van der Waals surface area contributed by atoms with Crippen LogP contribution in [0, 0.1) is 0 Å². The fourth-order valence-corrected chi connectivity index (χ4v) is 3.87. The molecule has 4 rings (SSSR count). The molecule has 0 aliphatic carbocycles. The molecule has 0 spiro atoms. The Morgan fingerprint density at radius 1 is 0.929 bits per heavy atom. The number of ether oxygens (including phenoxy) is 1. The molecule has 2 aliphatic heterocycles. The Morgan fingerprint density at radius 3 is 2.43 bits per heavy atom. The highest BCUT2D eigenvalue weighted by atomic mass is 16.5. The Hall–Kier alpha value is -2.44. The Kier molecular flexibility index (Phi) is 6.19. The summed E-state index contributed by atoms with van der Waals surface area (Å²) in [5.74, 6) is 0.889. The SMILES string of the molecule is O=C(c1cccnc1N1CCOCC1)N1CCN(CCc2ccccc2)CC1. The predicted molar refractivity (Wildman–Crippen MR) is 110 cm³/mol. The van der Waals surface area contributed by atoms with Crippen LogP contribution in [0.1, 0.15) is 15.9 Å². The van der Waals surface area contributed by atoms with Crippen molar-refractivity contribution in [1.29, 1.82) is 0 Å². The molecule has 6 nitrogen and oxygen atoms in total. The van der Waals surface area contributed by atoms with Crippen LogP contribution < -0.4 is 4.90 Å². The van der Waals surface area contributed by atoms with Crippen molar-refractivity contribution >= 4 is 11.7 Å². The number of piperazine rings is 1. The van der Waals surface area contributed by atoms with Gasteiger partial charge >= 0.3 is 0 Å². The lowest BCUT2D eigenvalue weighted by molar-refractivity contribution is 0.0637. The first-order valence-electron chi connectivity index (χ1n) is 10.1. The van der Waals surface area contributed by atoms with Gasteiger partial charge < -0.3 is 14.5 Å². The minimum atomic E-state index is 0.0947. The molecule has 1 aromatic heterocycles. The van der Waals surface area contributed by atoms with Gasteiger partial charge in [0, 0.05) is 52.0 Å². The van der Waals surface area contributed by atoms with Crippen molar-refractivity contribution in [3.8, 4) is 0 Å².